The Bertz CT molecular complexity index is 277. The Morgan fingerprint density at radius 2 is 2.25 bits per heavy atom. The fourth-order valence-electron chi connectivity index (χ4n) is 1.39. The zero-order valence-electron chi connectivity index (χ0n) is 10.2. The number of hydrogen-bond acceptors (Lipinski definition) is 4. The third-order valence-electron chi connectivity index (χ3n) is 2.68. The third-order valence-corrected chi connectivity index (χ3v) is 4.16. The number of thioether (sulfide) groups is 1. The maximum Gasteiger partial charge on any atom is 0.334 e. The molecule has 0 aliphatic carbocycles. The molecule has 1 aliphatic rings. The quantitative estimate of drug-likeness (QED) is 0.553. The van der Waals surface area contributed by atoms with Crippen molar-refractivity contribution in [3.63, 3.8) is 0 Å². The van der Waals surface area contributed by atoms with Crippen molar-refractivity contribution >= 4 is 17.7 Å². The van der Waals surface area contributed by atoms with E-state index in [1.807, 2.05) is 13.8 Å². The molecule has 0 aromatic heterocycles. The van der Waals surface area contributed by atoms with Crippen LogP contribution in [0.4, 0.5) is 0 Å². The second-order valence-electron chi connectivity index (χ2n) is 4.25. The molecule has 2 unspecified atom stereocenters. The van der Waals surface area contributed by atoms with Gasteiger partial charge in [0.1, 0.15) is 6.10 Å². The Balaban J connectivity index is 2.69. The molecule has 1 aliphatic heterocycles. The second-order valence-corrected chi connectivity index (χ2v) is 5.76. The zero-order valence-corrected chi connectivity index (χ0v) is 11.1. The summed E-state index contributed by atoms with van der Waals surface area (Å²) < 4.78 is 11.1. The summed E-state index contributed by atoms with van der Waals surface area (Å²) in [6, 6.07) is 0. The summed E-state index contributed by atoms with van der Waals surface area (Å²) in [5, 5.41) is 0. The SMILES string of the molecule is C=C(C)C(=O)OC1(C)SCCCCOC1C. The fourth-order valence-corrected chi connectivity index (χ4v) is 2.58. The molecule has 0 saturated carbocycles. The van der Waals surface area contributed by atoms with Gasteiger partial charge in [0.15, 0.2) is 4.93 Å². The first-order valence-electron chi connectivity index (χ1n) is 5.60. The zero-order chi connectivity index (χ0) is 12.2. The van der Waals surface area contributed by atoms with Crippen molar-refractivity contribution in [1.29, 1.82) is 0 Å². The highest BCUT2D eigenvalue weighted by Crippen LogP contribution is 2.34. The van der Waals surface area contributed by atoms with Crippen molar-refractivity contribution in [1.82, 2.24) is 0 Å². The average Bonchev–Trinajstić information content (AvgIpc) is 2.20. The maximum atomic E-state index is 11.6. The van der Waals surface area contributed by atoms with Crippen LogP contribution in [0, 0.1) is 0 Å². The maximum absolute atomic E-state index is 11.6. The van der Waals surface area contributed by atoms with E-state index in [1.165, 1.54) is 0 Å². The summed E-state index contributed by atoms with van der Waals surface area (Å²) in [6.45, 7) is 9.85. The summed E-state index contributed by atoms with van der Waals surface area (Å²) in [7, 11) is 0. The van der Waals surface area contributed by atoms with Gasteiger partial charge in [0.2, 0.25) is 0 Å². The molecule has 0 bridgehead atoms. The number of ether oxygens (including phenoxy) is 2. The molecule has 0 spiro atoms. The number of rotatable bonds is 2. The van der Waals surface area contributed by atoms with Crippen LogP contribution in [0.5, 0.6) is 0 Å². The van der Waals surface area contributed by atoms with Gasteiger partial charge in [-0.1, -0.05) is 6.58 Å². The minimum absolute atomic E-state index is 0.0962. The van der Waals surface area contributed by atoms with Crippen molar-refractivity contribution in [3.8, 4) is 0 Å². The molecule has 1 fully saturated rings. The lowest BCUT2D eigenvalue weighted by molar-refractivity contribution is -0.155. The predicted octanol–water partition coefficient (Wildman–Crippen LogP) is 2.75. The number of carbonyl (C=O) groups is 1. The molecule has 3 nitrogen and oxygen atoms in total. The third kappa shape index (κ3) is 3.52. The van der Waals surface area contributed by atoms with Crippen LogP contribution < -0.4 is 0 Å². The summed E-state index contributed by atoms with van der Waals surface area (Å²) in [5.74, 6) is 0.652. The lowest BCUT2D eigenvalue weighted by Crippen LogP contribution is -2.42. The van der Waals surface area contributed by atoms with E-state index in [0.717, 1.165) is 25.2 Å². The van der Waals surface area contributed by atoms with E-state index in [1.54, 1.807) is 18.7 Å². The topological polar surface area (TPSA) is 35.5 Å². The lowest BCUT2D eigenvalue weighted by Gasteiger charge is -2.35. The van der Waals surface area contributed by atoms with Crippen LogP contribution in [0.2, 0.25) is 0 Å². The van der Waals surface area contributed by atoms with Gasteiger partial charge in [-0.25, -0.2) is 4.79 Å². The number of carbonyl (C=O) groups excluding carboxylic acids is 1. The summed E-state index contributed by atoms with van der Waals surface area (Å²) in [6.07, 6.45) is 2.07. The molecule has 0 amide bonds. The van der Waals surface area contributed by atoms with E-state index in [4.69, 9.17) is 9.47 Å². The Labute approximate surface area is 102 Å². The van der Waals surface area contributed by atoms with Gasteiger partial charge >= 0.3 is 5.97 Å². The molecular weight excluding hydrogens is 224 g/mol. The highest BCUT2D eigenvalue weighted by atomic mass is 32.2. The van der Waals surface area contributed by atoms with Crippen molar-refractivity contribution in [2.24, 2.45) is 0 Å². The van der Waals surface area contributed by atoms with E-state index in [2.05, 4.69) is 6.58 Å². The first-order valence-corrected chi connectivity index (χ1v) is 6.58. The molecule has 1 heterocycles. The van der Waals surface area contributed by atoms with Gasteiger partial charge in [-0.2, -0.15) is 0 Å². The van der Waals surface area contributed by atoms with Crippen LogP contribution in [-0.2, 0) is 14.3 Å². The van der Waals surface area contributed by atoms with Crippen LogP contribution in [-0.4, -0.2) is 29.4 Å². The molecule has 1 saturated heterocycles. The van der Waals surface area contributed by atoms with E-state index in [-0.39, 0.29) is 12.1 Å². The molecular formula is C12H20O3S. The van der Waals surface area contributed by atoms with E-state index in [9.17, 15) is 4.79 Å². The van der Waals surface area contributed by atoms with Gasteiger partial charge in [0, 0.05) is 12.2 Å². The van der Waals surface area contributed by atoms with Gasteiger partial charge in [0.05, 0.1) is 0 Å². The first kappa shape index (κ1) is 13.6. The number of hydrogen-bond donors (Lipinski definition) is 0. The summed E-state index contributed by atoms with van der Waals surface area (Å²) in [5.41, 5.74) is 0.427. The normalized spacial score (nSPS) is 31.3. The number of esters is 1. The fraction of sp³-hybridized carbons (Fsp3) is 0.750. The summed E-state index contributed by atoms with van der Waals surface area (Å²) in [4.78, 5) is 11.0. The smallest absolute Gasteiger partial charge is 0.334 e. The van der Waals surface area contributed by atoms with E-state index >= 15 is 0 Å². The van der Waals surface area contributed by atoms with E-state index in [0.29, 0.717) is 5.57 Å². The Morgan fingerprint density at radius 3 is 2.88 bits per heavy atom. The van der Waals surface area contributed by atoms with Crippen molar-refractivity contribution in [3.05, 3.63) is 12.2 Å². The molecule has 0 radical (unpaired) electrons. The van der Waals surface area contributed by atoms with Crippen molar-refractivity contribution < 1.29 is 14.3 Å². The summed E-state index contributed by atoms with van der Waals surface area (Å²) >= 11 is 1.64. The van der Waals surface area contributed by atoms with Gasteiger partial charge < -0.3 is 9.47 Å². The van der Waals surface area contributed by atoms with Crippen molar-refractivity contribution in [2.75, 3.05) is 12.4 Å². The molecule has 1 rings (SSSR count). The predicted molar refractivity (Wildman–Crippen MR) is 66.4 cm³/mol. The van der Waals surface area contributed by atoms with Crippen LogP contribution >= 0.6 is 11.8 Å². The highest BCUT2D eigenvalue weighted by Gasteiger charge is 2.37. The monoisotopic (exact) mass is 244 g/mol. The molecule has 16 heavy (non-hydrogen) atoms. The van der Waals surface area contributed by atoms with Crippen LogP contribution in [0.1, 0.15) is 33.6 Å². The van der Waals surface area contributed by atoms with Crippen LogP contribution in [0.25, 0.3) is 0 Å². The molecule has 0 aromatic carbocycles. The second kappa shape index (κ2) is 5.73. The highest BCUT2D eigenvalue weighted by molar-refractivity contribution is 8.00. The Kier molecular flexibility index (Phi) is 4.87. The Morgan fingerprint density at radius 1 is 1.56 bits per heavy atom. The average molecular weight is 244 g/mol. The standard InChI is InChI=1S/C12H20O3S/c1-9(2)11(13)15-12(4)10(3)14-7-5-6-8-16-12/h10H,1,5-8H2,2-4H3. The van der Waals surface area contributed by atoms with Gasteiger partial charge in [-0.3, -0.25) is 0 Å². The van der Waals surface area contributed by atoms with E-state index < -0.39 is 4.93 Å². The lowest BCUT2D eigenvalue weighted by atomic mass is 10.2. The first-order chi connectivity index (χ1) is 7.46. The van der Waals surface area contributed by atoms with Crippen molar-refractivity contribution in [2.45, 2.75) is 44.6 Å². The molecule has 92 valence electrons. The largest absolute Gasteiger partial charge is 0.442 e. The van der Waals surface area contributed by atoms with Crippen LogP contribution in [0.15, 0.2) is 12.2 Å². The van der Waals surface area contributed by atoms with Gasteiger partial charge in [-0.15, -0.1) is 11.8 Å². The minimum Gasteiger partial charge on any atom is -0.442 e. The van der Waals surface area contributed by atoms with Crippen LogP contribution in [0.3, 0.4) is 0 Å². The molecule has 0 aromatic rings. The minimum atomic E-state index is -0.601. The van der Waals surface area contributed by atoms with Gasteiger partial charge in [-0.05, 0) is 39.4 Å². The van der Waals surface area contributed by atoms with Gasteiger partial charge in [0.25, 0.3) is 0 Å². The molecule has 4 heteroatoms. The molecule has 2 atom stereocenters. The Hall–Kier alpha value is -0.480. The molecule has 0 N–H and O–H groups in total.